The van der Waals surface area contributed by atoms with Crippen LogP contribution >= 0.6 is 0 Å². The van der Waals surface area contributed by atoms with Crippen LogP contribution in [0.3, 0.4) is 0 Å². The van der Waals surface area contributed by atoms with E-state index in [0.29, 0.717) is 19.6 Å². The number of halogens is 2. The summed E-state index contributed by atoms with van der Waals surface area (Å²) in [4.78, 5) is 21.3. The number of aromatic nitrogens is 3. The van der Waals surface area contributed by atoms with Crippen LogP contribution in [0.25, 0.3) is 22.0 Å². The number of nitrogens with zero attached hydrogens (tertiary/aromatic N) is 5. The first-order valence-corrected chi connectivity index (χ1v) is 11.5. The summed E-state index contributed by atoms with van der Waals surface area (Å²) in [6.45, 7) is 3.75. The van der Waals surface area contributed by atoms with E-state index in [1.807, 2.05) is 47.5 Å². The Labute approximate surface area is 191 Å². The second-order valence-corrected chi connectivity index (χ2v) is 9.12. The molecule has 1 aliphatic heterocycles. The number of hydrogen-bond acceptors (Lipinski definition) is 5. The first-order valence-electron chi connectivity index (χ1n) is 11.5. The Balaban J connectivity index is 1.36. The quantitative estimate of drug-likeness (QED) is 0.585. The second-order valence-electron chi connectivity index (χ2n) is 9.12. The molecular weight excluding hydrogens is 424 g/mol. The summed E-state index contributed by atoms with van der Waals surface area (Å²) in [6, 6.07) is 11.9. The van der Waals surface area contributed by atoms with E-state index in [9.17, 15) is 13.6 Å². The predicted octanol–water partition coefficient (Wildman–Crippen LogP) is 4.55. The molecule has 0 spiro atoms. The van der Waals surface area contributed by atoms with Crippen molar-refractivity contribution in [1.82, 2.24) is 20.1 Å². The van der Waals surface area contributed by atoms with Crippen molar-refractivity contribution < 1.29 is 13.6 Å². The van der Waals surface area contributed by atoms with Gasteiger partial charge in [0.1, 0.15) is 5.69 Å². The molecular formula is C25H27F2N5O. The smallest absolute Gasteiger partial charge is 0.248 e. The monoisotopic (exact) mass is 451 g/mol. The molecule has 1 amide bonds. The Morgan fingerprint density at radius 1 is 1.03 bits per heavy atom. The number of pyridine rings is 1. The third-order valence-corrected chi connectivity index (χ3v) is 6.89. The van der Waals surface area contributed by atoms with Crippen molar-refractivity contribution in [3.63, 3.8) is 0 Å². The maximum absolute atomic E-state index is 13.5. The maximum Gasteiger partial charge on any atom is 0.248 e. The number of rotatable bonds is 3. The Kier molecular flexibility index (Phi) is 5.68. The Bertz CT molecular complexity index is 1150. The van der Waals surface area contributed by atoms with Gasteiger partial charge in [-0.25, -0.2) is 8.78 Å². The van der Waals surface area contributed by atoms with Gasteiger partial charge in [0.05, 0.1) is 0 Å². The lowest BCUT2D eigenvalue weighted by Gasteiger charge is -2.42. The highest BCUT2D eigenvalue weighted by atomic mass is 19.3. The van der Waals surface area contributed by atoms with Crippen LogP contribution in [-0.2, 0) is 4.79 Å². The van der Waals surface area contributed by atoms with Crippen molar-refractivity contribution in [2.75, 3.05) is 24.5 Å². The van der Waals surface area contributed by atoms with Gasteiger partial charge in [-0.05, 0) is 25.8 Å². The highest BCUT2D eigenvalue weighted by Gasteiger charge is 2.40. The van der Waals surface area contributed by atoms with Crippen LogP contribution in [0.15, 0.2) is 48.8 Å². The Morgan fingerprint density at radius 3 is 2.52 bits per heavy atom. The fourth-order valence-corrected chi connectivity index (χ4v) is 5.02. The number of amides is 1. The van der Waals surface area contributed by atoms with Gasteiger partial charge in [0.15, 0.2) is 5.82 Å². The summed E-state index contributed by atoms with van der Waals surface area (Å²) in [7, 11) is 0. The van der Waals surface area contributed by atoms with E-state index >= 15 is 0 Å². The molecule has 6 nitrogen and oxygen atoms in total. The van der Waals surface area contributed by atoms with Crippen LogP contribution in [0.2, 0.25) is 0 Å². The van der Waals surface area contributed by atoms with Crippen LogP contribution in [-0.4, -0.2) is 57.6 Å². The highest BCUT2D eigenvalue weighted by molar-refractivity contribution is 5.99. The van der Waals surface area contributed by atoms with E-state index in [2.05, 4.69) is 27.0 Å². The maximum atomic E-state index is 13.5. The van der Waals surface area contributed by atoms with E-state index in [1.165, 1.54) is 0 Å². The third-order valence-electron chi connectivity index (χ3n) is 6.89. The van der Waals surface area contributed by atoms with Crippen LogP contribution in [0.5, 0.6) is 0 Å². The van der Waals surface area contributed by atoms with Gasteiger partial charge < -0.3 is 9.80 Å². The number of benzene rings is 1. The van der Waals surface area contributed by atoms with Crippen LogP contribution in [0.4, 0.5) is 14.6 Å². The first-order chi connectivity index (χ1) is 15.9. The van der Waals surface area contributed by atoms with E-state index in [-0.39, 0.29) is 43.6 Å². The minimum atomic E-state index is -2.62. The minimum Gasteiger partial charge on any atom is -0.348 e. The first kappa shape index (κ1) is 21.7. The number of alkyl halides is 2. The number of carbonyl (C=O) groups is 1. The Morgan fingerprint density at radius 2 is 1.79 bits per heavy atom. The summed E-state index contributed by atoms with van der Waals surface area (Å²) in [5, 5.41) is 11.0. The minimum absolute atomic E-state index is 0.00837. The zero-order valence-electron chi connectivity index (χ0n) is 18.6. The van der Waals surface area contributed by atoms with Crippen molar-refractivity contribution in [3.8, 4) is 11.3 Å². The molecule has 1 aromatic carbocycles. The Hall–Kier alpha value is -3.16. The molecule has 2 aliphatic rings. The van der Waals surface area contributed by atoms with E-state index < -0.39 is 5.92 Å². The molecule has 8 heteroatoms. The molecule has 0 radical (unpaired) electrons. The summed E-state index contributed by atoms with van der Waals surface area (Å²) in [5.41, 5.74) is 1.81. The topological polar surface area (TPSA) is 62.2 Å². The SMILES string of the molecule is CC1CN(C(=O)C2CCC(F)(F)CC2)CCN1c1nnc(-c2ccccc2)c2ccncc12. The van der Waals surface area contributed by atoms with Gasteiger partial charge in [-0.3, -0.25) is 9.78 Å². The average Bonchev–Trinajstić information content (AvgIpc) is 2.83. The van der Waals surface area contributed by atoms with Gasteiger partial charge >= 0.3 is 0 Å². The molecule has 3 aromatic rings. The molecule has 3 heterocycles. The van der Waals surface area contributed by atoms with Crippen LogP contribution in [0.1, 0.15) is 32.6 Å². The molecule has 0 bridgehead atoms. The van der Waals surface area contributed by atoms with Crippen molar-refractivity contribution >= 4 is 22.5 Å². The van der Waals surface area contributed by atoms with Gasteiger partial charge in [0, 0.05) is 73.2 Å². The fraction of sp³-hybridized carbons (Fsp3) is 0.440. The zero-order valence-corrected chi connectivity index (χ0v) is 18.6. The van der Waals surface area contributed by atoms with Gasteiger partial charge in [-0.1, -0.05) is 30.3 Å². The van der Waals surface area contributed by atoms with E-state index in [1.54, 1.807) is 6.20 Å². The number of carbonyl (C=O) groups excluding carboxylic acids is 1. The molecule has 2 aromatic heterocycles. The summed E-state index contributed by atoms with van der Waals surface area (Å²) in [5.74, 6) is -2.15. The molecule has 33 heavy (non-hydrogen) atoms. The normalized spacial score (nSPS) is 21.4. The molecule has 2 fully saturated rings. The van der Waals surface area contributed by atoms with Gasteiger partial charge in [0.25, 0.3) is 0 Å². The molecule has 172 valence electrons. The zero-order chi connectivity index (χ0) is 23.0. The van der Waals surface area contributed by atoms with Gasteiger partial charge in [0.2, 0.25) is 11.8 Å². The number of anilines is 1. The summed E-state index contributed by atoms with van der Waals surface area (Å²) < 4.78 is 27.0. The molecule has 1 saturated heterocycles. The highest BCUT2D eigenvalue weighted by Crippen LogP contribution is 2.37. The lowest BCUT2D eigenvalue weighted by molar-refractivity contribution is -0.140. The molecule has 1 atom stereocenters. The van der Waals surface area contributed by atoms with E-state index in [0.717, 1.165) is 27.8 Å². The second kappa shape index (κ2) is 8.65. The lowest BCUT2D eigenvalue weighted by atomic mass is 9.85. The van der Waals surface area contributed by atoms with Gasteiger partial charge in [-0.15, -0.1) is 10.2 Å². The average molecular weight is 452 g/mol. The lowest BCUT2D eigenvalue weighted by Crippen LogP contribution is -2.55. The molecule has 1 unspecified atom stereocenters. The van der Waals surface area contributed by atoms with Crippen molar-refractivity contribution in [2.45, 2.75) is 44.6 Å². The van der Waals surface area contributed by atoms with Crippen LogP contribution in [0, 0.1) is 5.92 Å². The molecule has 5 rings (SSSR count). The predicted molar refractivity (Wildman–Crippen MR) is 123 cm³/mol. The fourth-order valence-electron chi connectivity index (χ4n) is 5.02. The third kappa shape index (κ3) is 4.26. The number of fused-ring (bicyclic) bond motifs is 1. The van der Waals surface area contributed by atoms with Gasteiger partial charge in [-0.2, -0.15) is 0 Å². The molecule has 0 N–H and O–H groups in total. The van der Waals surface area contributed by atoms with Crippen LogP contribution < -0.4 is 4.90 Å². The summed E-state index contributed by atoms with van der Waals surface area (Å²) in [6.07, 6.45) is 3.72. The molecule has 1 saturated carbocycles. The van der Waals surface area contributed by atoms with Crippen molar-refractivity contribution in [1.29, 1.82) is 0 Å². The van der Waals surface area contributed by atoms with Crippen molar-refractivity contribution in [2.24, 2.45) is 5.92 Å². The summed E-state index contributed by atoms with van der Waals surface area (Å²) >= 11 is 0. The standard InChI is InChI=1S/C25H27F2N5O/c1-17-16-31(24(33)19-7-10-25(26,27)11-8-19)13-14-32(17)23-21-15-28-12-9-20(21)22(29-30-23)18-5-3-2-4-6-18/h2-6,9,12,15,17,19H,7-8,10-11,13-14,16H2,1H3. The van der Waals surface area contributed by atoms with E-state index in [4.69, 9.17) is 0 Å². The van der Waals surface area contributed by atoms with Crippen molar-refractivity contribution in [3.05, 3.63) is 48.8 Å². The number of hydrogen-bond donors (Lipinski definition) is 0. The molecule has 1 aliphatic carbocycles. The largest absolute Gasteiger partial charge is 0.348 e. The number of piperazine rings is 1.